The van der Waals surface area contributed by atoms with E-state index in [1.807, 2.05) is 37.3 Å². The Hall–Kier alpha value is -4.04. The summed E-state index contributed by atoms with van der Waals surface area (Å²) in [5.74, 6) is -0.374. The highest BCUT2D eigenvalue weighted by Crippen LogP contribution is 2.25. The first kappa shape index (κ1) is 23.1. The zero-order chi connectivity index (χ0) is 24.2. The maximum Gasteiger partial charge on any atom is 0.268 e. The standard InChI is InChI=1S/C26H26FN5O2/c1-15-9-10-18(11-21(15)27)24(17(3)33)31-25(34)22-12-19(14-28-22)23-16(2)13-29-26(32-23)30-20-7-5-4-6-8-20/h4-14,17,24,28,33H,1-3H3,(H,31,34)(H,29,30,32). The normalized spacial score (nSPS) is 12.7. The number of nitrogens with one attached hydrogen (secondary N) is 3. The van der Waals surface area contributed by atoms with Crippen molar-refractivity contribution in [1.29, 1.82) is 0 Å². The number of aliphatic hydroxyl groups excluding tert-OH is 1. The molecule has 0 saturated heterocycles. The molecule has 0 aliphatic carbocycles. The molecule has 2 unspecified atom stereocenters. The summed E-state index contributed by atoms with van der Waals surface area (Å²) >= 11 is 0. The number of aromatic nitrogens is 3. The summed E-state index contributed by atoms with van der Waals surface area (Å²) in [6.07, 6.45) is 2.49. The van der Waals surface area contributed by atoms with Crippen molar-refractivity contribution < 1.29 is 14.3 Å². The lowest BCUT2D eigenvalue weighted by Gasteiger charge is -2.22. The molecule has 4 N–H and O–H groups in total. The van der Waals surface area contributed by atoms with Gasteiger partial charge in [0.2, 0.25) is 5.95 Å². The van der Waals surface area contributed by atoms with E-state index < -0.39 is 23.9 Å². The Morgan fingerprint density at radius 2 is 1.85 bits per heavy atom. The highest BCUT2D eigenvalue weighted by molar-refractivity contribution is 5.94. The molecule has 34 heavy (non-hydrogen) atoms. The number of aliphatic hydroxyl groups is 1. The van der Waals surface area contributed by atoms with Crippen molar-refractivity contribution in [2.45, 2.75) is 32.9 Å². The van der Waals surface area contributed by atoms with Gasteiger partial charge in [-0.3, -0.25) is 4.79 Å². The molecular weight excluding hydrogens is 433 g/mol. The van der Waals surface area contributed by atoms with Gasteiger partial charge in [0.1, 0.15) is 11.5 Å². The molecule has 0 aliphatic rings. The first-order valence-electron chi connectivity index (χ1n) is 10.9. The summed E-state index contributed by atoms with van der Waals surface area (Å²) in [4.78, 5) is 24.8. The molecule has 2 atom stereocenters. The molecule has 2 heterocycles. The van der Waals surface area contributed by atoms with Crippen LogP contribution in [0, 0.1) is 19.7 Å². The number of aromatic amines is 1. The first-order chi connectivity index (χ1) is 16.3. The highest BCUT2D eigenvalue weighted by atomic mass is 19.1. The quantitative estimate of drug-likeness (QED) is 0.317. The average Bonchev–Trinajstić information content (AvgIpc) is 3.31. The number of para-hydroxylation sites is 1. The third-order valence-corrected chi connectivity index (χ3v) is 5.53. The van der Waals surface area contributed by atoms with E-state index in [2.05, 4.69) is 25.6 Å². The fraction of sp³-hybridized carbons (Fsp3) is 0.192. The molecule has 2 aromatic heterocycles. The van der Waals surface area contributed by atoms with Gasteiger partial charge in [0.05, 0.1) is 17.8 Å². The van der Waals surface area contributed by atoms with Gasteiger partial charge in [0, 0.05) is 23.6 Å². The lowest BCUT2D eigenvalue weighted by atomic mass is 10.0. The molecule has 0 fully saturated rings. The SMILES string of the molecule is Cc1ccc(C(NC(=O)c2cc(-c3nc(Nc4ccccc4)ncc3C)c[nH]2)C(C)O)cc1F. The highest BCUT2D eigenvalue weighted by Gasteiger charge is 2.22. The van der Waals surface area contributed by atoms with Gasteiger partial charge in [-0.05, 0) is 61.7 Å². The average molecular weight is 460 g/mol. The van der Waals surface area contributed by atoms with Gasteiger partial charge in [-0.25, -0.2) is 14.4 Å². The fourth-order valence-corrected chi connectivity index (χ4v) is 3.61. The van der Waals surface area contributed by atoms with Crippen molar-refractivity contribution in [3.05, 3.63) is 95.2 Å². The second kappa shape index (κ2) is 9.84. The van der Waals surface area contributed by atoms with Crippen molar-refractivity contribution in [3.63, 3.8) is 0 Å². The van der Waals surface area contributed by atoms with Crippen molar-refractivity contribution in [1.82, 2.24) is 20.3 Å². The Kier molecular flexibility index (Phi) is 6.70. The predicted molar refractivity (Wildman–Crippen MR) is 129 cm³/mol. The summed E-state index contributed by atoms with van der Waals surface area (Å²) in [5.41, 5.74) is 4.39. The number of nitrogens with zero attached hydrogens (tertiary/aromatic N) is 2. The number of hydrogen-bond donors (Lipinski definition) is 4. The van der Waals surface area contributed by atoms with E-state index in [0.29, 0.717) is 28.5 Å². The minimum atomic E-state index is -0.920. The number of aryl methyl sites for hydroxylation is 2. The number of benzene rings is 2. The van der Waals surface area contributed by atoms with Crippen molar-refractivity contribution in [2.75, 3.05) is 5.32 Å². The Bertz CT molecular complexity index is 1300. The second-order valence-corrected chi connectivity index (χ2v) is 8.22. The van der Waals surface area contributed by atoms with E-state index in [1.165, 1.54) is 6.07 Å². The van der Waals surface area contributed by atoms with Gasteiger partial charge in [0.15, 0.2) is 0 Å². The number of rotatable bonds is 7. The Morgan fingerprint density at radius 1 is 1.09 bits per heavy atom. The first-order valence-corrected chi connectivity index (χ1v) is 10.9. The van der Waals surface area contributed by atoms with Gasteiger partial charge in [-0.1, -0.05) is 30.3 Å². The van der Waals surface area contributed by atoms with Crippen LogP contribution in [0.1, 0.15) is 40.1 Å². The van der Waals surface area contributed by atoms with Crippen LogP contribution in [0.25, 0.3) is 11.3 Å². The molecule has 0 spiro atoms. The number of carbonyl (C=O) groups excluding carboxylic acids is 1. The number of carbonyl (C=O) groups is 1. The summed E-state index contributed by atoms with van der Waals surface area (Å²) in [5, 5.41) is 16.2. The molecule has 1 amide bonds. The molecule has 174 valence electrons. The molecule has 4 rings (SSSR count). The molecule has 0 radical (unpaired) electrons. The van der Waals surface area contributed by atoms with E-state index in [9.17, 15) is 14.3 Å². The minimum Gasteiger partial charge on any atom is -0.391 e. The predicted octanol–water partition coefficient (Wildman–Crippen LogP) is 4.82. The summed E-state index contributed by atoms with van der Waals surface area (Å²) in [6.45, 7) is 5.10. The molecule has 0 aliphatic heterocycles. The summed E-state index contributed by atoms with van der Waals surface area (Å²) in [6, 6.07) is 15.2. The monoisotopic (exact) mass is 459 g/mol. The number of amides is 1. The number of anilines is 2. The van der Waals surface area contributed by atoms with Gasteiger partial charge >= 0.3 is 0 Å². The fourth-order valence-electron chi connectivity index (χ4n) is 3.61. The van der Waals surface area contributed by atoms with Crippen LogP contribution in [0.15, 0.2) is 67.0 Å². The van der Waals surface area contributed by atoms with Crippen LogP contribution in [0.3, 0.4) is 0 Å². The van der Waals surface area contributed by atoms with E-state index in [0.717, 1.165) is 16.8 Å². The van der Waals surface area contributed by atoms with Gasteiger partial charge in [-0.2, -0.15) is 0 Å². The Morgan fingerprint density at radius 3 is 2.56 bits per heavy atom. The zero-order valence-electron chi connectivity index (χ0n) is 19.1. The smallest absolute Gasteiger partial charge is 0.268 e. The van der Waals surface area contributed by atoms with E-state index in [1.54, 1.807) is 44.4 Å². The van der Waals surface area contributed by atoms with E-state index >= 15 is 0 Å². The van der Waals surface area contributed by atoms with Crippen LogP contribution in [0.2, 0.25) is 0 Å². The van der Waals surface area contributed by atoms with Crippen LogP contribution in [-0.2, 0) is 0 Å². The number of H-pyrrole nitrogens is 1. The van der Waals surface area contributed by atoms with Gasteiger partial charge in [0.25, 0.3) is 5.91 Å². The largest absolute Gasteiger partial charge is 0.391 e. The maximum absolute atomic E-state index is 14.0. The lowest BCUT2D eigenvalue weighted by Crippen LogP contribution is -2.35. The topological polar surface area (TPSA) is 103 Å². The third-order valence-electron chi connectivity index (χ3n) is 5.53. The van der Waals surface area contributed by atoms with Crippen molar-refractivity contribution >= 4 is 17.5 Å². The molecule has 0 saturated carbocycles. The Labute approximate surface area is 197 Å². The number of halogens is 1. The molecular formula is C26H26FN5O2. The Balaban J connectivity index is 1.55. The molecule has 4 aromatic rings. The van der Waals surface area contributed by atoms with E-state index in [-0.39, 0.29) is 0 Å². The molecule has 0 bridgehead atoms. The third kappa shape index (κ3) is 5.13. The molecule has 7 nitrogen and oxygen atoms in total. The van der Waals surface area contributed by atoms with Crippen LogP contribution in [0.4, 0.5) is 16.0 Å². The maximum atomic E-state index is 14.0. The van der Waals surface area contributed by atoms with Gasteiger partial charge < -0.3 is 20.7 Å². The molecule has 8 heteroatoms. The number of hydrogen-bond acceptors (Lipinski definition) is 5. The lowest BCUT2D eigenvalue weighted by molar-refractivity contribution is 0.0853. The molecule has 2 aromatic carbocycles. The van der Waals surface area contributed by atoms with Crippen molar-refractivity contribution in [3.8, 4) is 11.3 Å². The van der Waals surface area contributed by atoms with E-state index in [4.69, 9.17) is 0 Å². The van der Waals surface area contributed by atoms with Crippen LogP contribution in [-0.4, -0.2) is 32.1 Å². The minimum absolute atomic E-state index is 0.295. The second-order valence-electron chi connectivity index (χ2n) is 8.22. The van der Waals surface area contributed by atoms with Crippen LogP contribution < -0.4 is 10.6 Å². The van der Waals surface area contributed by atoms with Crippen molar-refractivity contribution in [2.24, 2.45) is 0 Å². The van der Waals surface area contributed by atoms with Crippen LogP contribution in [0.5, 0.6) is 0 Å². The zero-order valence-corrected chi connectivity index (χ0v) is 19.1. The van der Waals surface area contributed by atoms with Gasteiger partial charge in [-0.15, -0.1) is 0 Å². The van der Waals surface area contributed by atoms with Crippen LogP contribution >= 0.6 is 0 Å². The summed E-state index contributed by atoms with van der Waals surface area (Å²) < 4.78 is 14.0. The summed E-state index contributed by atoms with van der Waals surface area (Å²) in [7, 11) is 0.